The number of benzene rings is 1. The summed E-state index contributed by atoms with van der Waals surface area (Å²) in [6.07, 6.45) is 4.72. The van der Waals surface area contributed by atoms with Crippen LogP contribution in [0.2, 0.25) is 0 Å². The molecule has 0 aromatic heterocycles. The third-order valence-corrected chi connectivity index (χ3v) is 5.64. The summed E-state index contributed by atoms with van der Waals surface area (Å²) in [7, 11) is 0. The fraction of sp³-hybridized carbons (Fsp3) is 0.632. The zero-order valence-corrected chi connectivity index (χ0v) is 15.4. The zero-order chi connectivity index (χ0) is 17.1. The molecule has 3 N–H and O–H groups in total. The number of nitrogens with one attached hydrogen (secondary N) is 2. The standard InChI is InChI=1S/C19H28N2O2S/c1-12-4-3-5-13(2)18(12)23-11-16(22)10-20-19(24)21-17-9-14-6-7-15(17)8-14/h3-5,14-17,22H,6-11H2,1-2H3,(H2,20,21,24). The summed E-state index contributed by atoms with van der Waals surface area (Å²) in [5, 5.41) is 17.3. The van der Waals surface area contributed by atoms with Crippen molar-refractivity contribution in [1.82, 2.24) is 10.6 Å². The molecular weight excluding hydrogens is 320 g/mol. The lowest BCUT2D eigenvalue weighted by atomic mass is 9.96. The van der Waals surface area contributed by atoms with Crippen LogP contribution in [0.25, 0.3) is 0 Å². The lowest BCUT2D eigenvalue weighted by Crippen LogP contribution is -2.46. The van der Waals surface area contributed by atoms with E-state index in [0.717, 1.165) is 28.7 Å². The number of para-hydroxylation sites is 1. The quantitative estimate of drug-likeness (QED) is 0.690. The van der Waals surface area contributed by atoms with Gasteiger partial charge in [-0.15, -0.1) is 0 Å². The maximum absolute atomic E-state index is 10.1. The molecule has 2 aliphatic rings. The van der Waals surface area contributed by atoms with Crippen molar-refractivity contribution in [3.05, 3.63) is 29.3 Å². The van der Waals surface area contributed by atoms with Crippen LogP contribution in [0.4, 0.5) is 0 Å². The van der Waals surface area contributed by atoms with Crippen LogP contribution in [0.3, 0.4) is 0 Å². The second-order valence-corrected chi connectivity index (χ2v) is 7.73. The average Bonchev–Trinajstić information content (AvgIpc) is 3.15. The molecule has 5 heteroatoms. The molecular formula is C19H28N2O2S. The van der Waals surface area contributed by atoms with E-state index < -0.39 is 6.10 Å². The molecule has 2 fully saturated rings. The fourth-order valence-corrected chi connectivity index (χ4v) is 4.35. The minimum Gasteiger partial charge on any atom is -0.490 e. The Morgan fingerprint density at radius 2 is 2.04 bits per heavy atom. The van der Waals surface area contributed by atoms with Crippen LogP contribution in [-0.4, -0.2) is 35.5 Å². The van der Waals surface area contributed by atoms with Gasteiger partial charge in [-0.05, 0) is 68.3 Å². The number of aliphatic hydroxyl groups excluding tert-OH is 1. The van der Waals surface area contributed by atoms with Crippen molar-refractivity contribution in [3.63, 3.8) is 0 Å². The smallest absolute Gasteiger partial charge is 0.166 e. The molecule has 4 unspecified atom stereocenters. The van der Waals surface area contributed by atoms with Gasteiger partial charge in [0.15, 0.2) is 5.11 Å². The van der Waals surface area contributed by atoms with Gasteiger partial charge in [-0.1, -0.05) is 24.6 Å². The molecule has 0 amide bonds. The van der Waals surface area contributed by atoms with E-state index in [9.17, 15) is 5.11 Å². The first-order valence-electron chi connectivity index (χ1n) is 8.94. The molecule has 0 saturated heterocycles. The van der Waals surface area contributed by atoms with E-state index >= 15 is 0 Å². The monoisotopic (exact) mass is 348 g/mol. The molecule has 132 valence electrons. The van der Waals surface area contributed by atoms with Gasteiger partial charge in [0.2, 0.25) is 0 Å². The first-order chi connectivity index (χ1) is 11.5. The van der Waals surface area contributed by atoms with Crippen molar-refractivity contribution in [3.8, 4) is 5.75 Å². The van der Waals surface area contributed by atoms with Crippen molar-refractivity contribution in [2.45, 2.75) is 51.7 Å². The van der Waals surface area contributed by atoms with Crippen LogP contribution in [0.15, 0.2) is 18.2 Å². The SMILES string of the molecule is Cc1cccc(C)c1OCC(O)CNC(=S)NC1CC2CCC1C2. The number of hydrogen-bond donors (Lipinski definition) is 3. The maximum Gasteiger partial charge on any atom is 0.166 e. The third kappa shape index (κ3) is 4.19. The molecule has 2 aliphatic carbocycles. The number of aliphatic hydroxyl groups is 1. The Morgan fingerprint density at radius 1 is 1.29 bits per heavy atom. The van der Waals surface area contributed by atoms with E-state index in [4.69, 9.17) is 17.0 Å². The van der Waals surface area contributed by atoms with E-state index in [1.807, 2.05) is 32.0 Å². The Balaban J connectivity index is 1.37. The highest BCUT2D eigenvalue weighted by atomic mass is 32.1. The molecule has 0 heterocycles. The highest BCUT2D eigenvalue weighted by Crippen LogP contribution is 2.44. The summed E-state index contributed by atoms with van der Waals surface area (Å²) in [6.45, 7) is 4.69. The summed E-state index contributed by atoms with van der Waals surface area (Å²) in [6, 6.07) is 6.56. The molecule has 2 saturated carbocycles. The second kappa shape index (κ2) is 7.70. The van der Waals surface area contributed by atoms with E-state index in [2.05, 4.69) is 10.6 Å². The highest BCUT2D eigenvalue weighted by molar-refractivity contribution is 7.80. The Kier molecular flexibility index (Phi) is 5.61. The predicted molar refractivity (Wildman–Crippen MR) is 100 cm³/mol. The number of rotatable bonds is 6. The van der Waals surface area contributed by atoms with Gasteiger partial charge in [-0.25, -0.2) is 0 Å². The van der Waals surface area contributed by atoms with Crippen molar-refractivity contribution in [2.24, 2.45) is 11.8 Å². The summed E-state index contributed by atoms with van der Waals surface area (Å²) >= 11 is 5.37. The highest BCUT2D eigenvalue weighted by Gasteiger charge is 2.39. The van der Waals surface area contributed by atoms with E-state index in [0.29, 0.717) is 17.7 Å². The summed E-state index contributed by atoms with van der Waals surface area (Å²) in [5.74, 6) is 2.54. The molecule has 1 aromatic carbocycles. The van der Waals surface area contributed by atoms with Gasteiger partial charge in [-0.3, -0.25) is 0 Å². The minimum atomic E-state index is -0.594. The molecule has 0 radical (unpaired) electrons. The van der Waals surface area contributed by atoms with Crippen LogP contribution in [0.1, 0.15) is 36.8 Å². The number of hydrogen-bond acceptors (Lipinski definition) is 3. The summed E-state index contributed by atoms with van der Waals surface area (Å²) < 4.78 is 5.78. The number of ether oxygens (including phenoxy) is 1. The van der Waals surface area contributed by atoms with Crippen molar-refractivity contribution < 1.29 is 9.84 Å². The van der Waals surface area contributed by atoms with Crippen LogP contribution >= 0.6 is 12.2 Å². The van der Waals surface area contributed by atoms with Gasteiger partial charge in [-0.2, -0.15) is 0 Å². The molecule has 0 spiro atoms. The summed E-state index contributed by atoms with van der Waals surface area (Å²) in [4.78, 5) is 0. The average molecular weight is 349 g/mol. The Morgan fingerprint density at radius 3 is 2.67 bits per heavy atom. The molecule has 2 bridgehead atoms. The molecule has 0 aliphatic heterocycles. The largest absolute Gasteiger partial charge is 0.490 e. The van der Waals surface area contributed by atoms with Gasteiger partial charge >= 0.3 is 0 Å². The molecule has 1 aromatic rings. The van der Waals surface area contributed by atoms with Gasteiger partial charge < -0.3 is 20.5 Å². The van der Waals surface area contributed by atoms with Gasteiger partial charge in [0.25, 0.3) is 0 Å². The first kappa shape index (κ1) is 17.5. The zero-order valence-electron chi connectivity index (χ0n) is 14.5. The fourth-order valence-electron chi connectivity index (χ4n) is 4.12. The van der Waals surface area contributed by atoms with Crippen LogP contribution < -0.4 is 15.4 Å². The Labute approximate surface area is 150 Å². The van der Waals surface area contributed by atoms with Crippen LogP contribution in [-0.2, 0) is 0 Å². The number of fused-ring (bicyclic) bond motifs is 2. The third-order valence-electron chi connectivity index (χ3n) is 5.38. The van der Waals surface area contributed by atoms with Gasteiger partial charge in [0.1, 0.15) is 18.5 Å². The molecule has 4 atom stereocenters. The predicted octanol–water partition coefficient (Wildman–Crippen LogP) is 2.70. The van der Waals surface area contributed by atoms with Crippen LogP contribution in [0.5, 0.6) is 5.75 Å². The molecule has 24 heavy (non-hydrogen) atoms. The minimum absolute atomic E-state index is 0.259. The van der Waals surface area contributed by atoms with E-state index in [1.165, 1.54) is 25.7 Å². The van der Waals surface area contributed by atoms with Gasteiger partial charge in [0.05, 0.1) is 0 Å². The van der Waals surface area contributed by atoms with Crippen molar-refractivity contribution in [2.75, 3.05) is 13.2 Å². The van der Waals surface area contributed by atoms with Gasteiger partial charge in [0, 0.05) is 12.6 Å². The molecule has 3 rings (SSSR count). The summed E-state index contributed by atoms with van der Waals surface area (Å²) in [5.41, 5.74) is 2.17. The second-order valence-electron chi connectivity index (χ2n) is 7.32. The topological polar surface area (TPSA) is 53.5 Å². The number of aryl methyl sites for hydroxylation is 2. The van der Waals surface area contributed by atoms with Crippen LogP contribution in [0, 0.1) is 25.7 Å². The lowest BCUT2D eigenvalue weighted by molar-refractivity contribution is 0.109. The molecule has 4 nitrogen and oxygen atoms in total. The van der Waals surface area contributed by atoms with Crippen molar-refractivity contribution >= 4 is 17.3 Å². The Bertz CT molecular complexity index is 572. The lowest BCUT2D eigenvalue weighted by Gasteiger charge is -2.25. The normalized spacial score (nSPS) is 26.2. The maximum atomic E-state index is 10.1. The number of thiocarbonyl (C=S) groups is 1. The van der Waals surface area contributed by atoms with Crippen molar-refractivity contribution in [1.29, 1.82) is 0 Å². The van der Waals surface area contributed by atoms with E-state index in [-0.39, 0.29) is 6.61 Å². The Hall–Kier alpha value is -1.33. The first-order valence-corrected chi connectivity index (χ1v) is 9.35. The van der Waals surface area contributed by atoms with E-state index in [1.54, 1.807) is 0 Å².